The number of nitrogens with one attached hydrogen (secondary N) is 1. The van der Waals surface area contributed by atoms with Crippen LogP contribution in [0, 0.1) is 5.92 Å². The molecule has 0 aromatic heterocycles. The normalized spacial score (nSPS) is 20.3. The molecular weight excluding hydrogens is 376 g/mol. The zero-order valence-corrected chi connectivity index (χ0v) is 17.7. The first-order valence-corrected chi connectivity index (χ1v) is 9.74. The molecular formula is C21H30N2O6. The van der Waals surface area contributed by atoms with Gasteiger partial charge in [0, 0.05) is 12.2 Å². The summed E-state index contributed by atoms with van der Waals surface area (Å²) in [4.78, 5) is 40.2. The first-order valence-electron chi connectivity index (χ1n) is 9.74. The molecule has 1 aliphatic rings. The second-order valence-electron chi connectivity index (χ2n) is 8.19. The number of hydrogen-bond acceptors (Lipinski definition) is 6. The van der Waals surface area contributed by atoms with Crippen LogP contribution in [0.4, 0.5) is 10.5 Å². The van der Waals surface area contributed by atoms with Crippen molar-refractivity contribution < 1.29 is 29.0 Å². The van der Waals surface area contributed by atoms with E-state index < -0.39 is 35.0 Å². The van der Waals surface area contributed by atoms with Crippen molar-refractivity contribution in [3.05, 3.63) is 24.3 Å². The lowest BCUT2D eigenvalue weighted by Crippen LogP contribution is -2.61. The van der Waals surface area contributed by atoms with Gasteiger partial charge in [-0.15, -0.1) is 0 Å². The lowest BCUT2D eigenvalue weighted by Gasteiger charge is -2.35. The molecule has 1 fully saturated rings. The standard InChI is InChI=1S/C21H30N2O6/c1-6-7-16(17(25)28-5)21(22-19(27)29-20(2,3)4)12-13-23(18(21)26)14-8-10-15(24)11-9-14/h8-11,16,24H,6-7,12-13H2,1-5H3,(H,22,27)/t16-,21+/m1/s1. The maximum Gasteiger partial charge on any atom is 0.408 e. The Hall–Kier alpha value is -2.77. The van der Waals surface area contributed by atoms with E-state index in [0.717, 1.165) is 0 Å². The molecule has 1 saturated heterocycles. The van der Waals surface area contributed by atoms with Gasteiger partial charge in [0.2, 0.25) is 0 Å². The minimum atomic E-state index is -1.47. The van der Waals surface area contributed by atoms with E-state index in [1.54, 1.807) is 32.9 Å². The van der Waals surface area contributed by atoms with Gasteiger partial charge in [-0.25, -0.2) is 4.79 Å². The molecule has 1 aromatic rings. The number of phenolic OH excluding ortho intramolecular Hbond substituents is 1. The highest BCUT2D eigenvalue weighted by molar-refractivity contribution is 6.06. The van der Waals surface area contributed by atoms with Crippen LogP contribution in [0.5, 0.6) is 5.75 Å². The van der Waals surface area contributed by atoms with Crippen LogP contribution in [0.3, 0.4) is 0 Å². The predicted molar refractivity (Wildman–Crippen MR) is 108 cm³/mol. The number of phenols is 1. The number of ether oxygens (including phenoxy) is 2. The average molecular weight is 406 g/mol. The summed E-state index contributed by atoms with van der Waals surface area (Å²) < 4.78 is 10.3. The average Bonchev–Trinajstić information content (AvgIpc) is 2.95. The van der Waals surface area contributed by atoms with E-state index in [1.807, 2.05) is 6.92 Å². The van der Waals surface area contributed by atoms with E-state index in [-0.39, 0.29) is 12.2 Å². The largest absolute Gasteiger partial charge is 0.508 e. The zero-order valence-electron chi connectivity index (χ0n) is 17.7. The summed E-state index contributed by atoms with van der Waals surface area (Å²) in [6.07, 6.45) is 0.469. The molecule has 8 nitrogen and oxygen atoms in total. The highest BCUT2D eigenvalue weighted by Crippen LogP contribution is 2.37. The molecule has 160 valence electrons. The molecule has 1 heterocycles. The SMILES string of the molecule is CCC[C@H](C(=O)OC)[C@@]1(NC(=O)OC(C)(C)C)CCN(c2ccc(O)cc2)C1=O. The quantitative estimate of drug-likeness (QED) is 0.704. The van der Waals surface area contributed by atoms with Crippen molar-refractivity contribution in [2.45, 2.75) is 58.1 Å². The summed E-state index contributed by atoms with van der Waals surface area (Å²) in [7, 11) is 1.27. The van der Waals surface area contributed by atoms with Gasteiger partial charge in [-0.2, -0.15) is 0 Å². The number of rotatable bonds is 6. The predicted octanol–water partition coefficient (Wildman–Crippen LogP) is 2.98. The van der Waals surface area contributed by atoms with Gasteiger partial charge in [0.1, 0.15) is 16.9 Å². The monoisotopic (exact) mass is 406 g/mol. The number of carbonyl (C=O) groups is 3. The van der Waals surface area contributed by atoms with Crippen molar-refractivity contribution in [2.24, 2.45) is 5.92 Å². The van der Waals surface area contributed by atoms with Gasteiger partial charge in [0.15, 0.2) is 0 Å². The van der Waals surface area contributed by atoms with E-state index in [9.17, 15) is 19.5 Å². The third-order valence-corrected chi connectivity index (χ3v) is 4.90. The van der Waals surface area contributed by atoms with Crippen molar-refractivity contribution >= 4 is 23.7 Å². The fraction of sp³-hybridized carbons (Fsp3) is 0.571. The molecule has 8 heteroatoms. The van der Waals surface area contributed by atoms with Gasteiger partial charge in [0.05, 0.1) is 13.0 Å². The maximum atomic E-state index is 13.5. The Morgan fingerprint density at radius 3 is 2.41 bits per heavy atom. The van der Waals surface area contributed by atoms with Crippen molar-refractivity contribution in [3.8, 4) is 5.75 Å². The third-order valence-electron chi connectivity index (χ3n) is 4.90. The van der Waals surface area contributed by atoms with Gasteiger partial charge in [-0.3, -0.25) is 9.59 Å². The number of methoxy groups -OCH3 is 1. The smallest absolute Gasteiger partial charge is 0.408 e. The number of carbonyl (C=O) groups excluding carboxylic acids is 3. The second kappa shape index (κ2) is 8.71. The summed E-state index contributed by atoms with van der Waals surface area (Å²) in [5.41, 5.74) is -1.65. The minimum Gasteiger partial charge on any atom is -0.508 e. The zero-order chi connectivity index (χ0) is 21.8. The van der Waals surface area contributed by atoms with Crippen LogP contribution in [-0.4, -0.2) is 47.9 Å². The van der Waals surface area contributed by atoms with Gasteiger partial charge in [-0.05, 0) is 57.9 Å². The molecule has 2 amide bonds. The molecule has 2 rings (SSSR count). The molecule has 2 atom stereocenters. The fourth-order valence-electron chi connectivity index (χ4n) is 3.62. The Morgan fingerprint density at radius 1 is 1.28 bits per heavy atom. The third kappa shape index (κ3) is 4.99. The number of hydrogen-bond donors (Lipinski definition) is 2. The topological polar surface area (TPSA) is 105 Å². The number of amides is 2. The van der Waals surface area contributed by atoms with Crippen molar-refractivity contribution in [2.75, 3.05) is 18.6 Å². The second-order valence-corrected chi connectivity index (χ2v) is 8.19. The number of aromatic hydroxyl groups is 1. The number of anilines is 1. The molecule has 2 N–H and O–H groups in total. The van der Waals surface area contributed by atoms with Gasteiger partial charge in [0.25, 0.3) is 5.91 Å². The van der Waals surface area contributed by atoms with Crippen LogP contribution in [0.15, 0.2) is 24.3 Å². The van der Waals surface area contributed by atoms with Crippen LogP contribution in [-0.2, 0) is 19.1 Å². The number of esters is 1. The first kappa shape index (κ1) is 22.5. The molecule has 1 aromatic carbocycles. The first-order chi connectivity index (χ1) is 13.5. The lowest BCUT2D eigenvalue weighted by molar-refractivity contribution is -0.151. The number of alkyl carbamates (subject to hydrolysis) is 1. The van der Waals surface area contributed by atoms with Gasteiger partial charge >= 0.3 is 12.1 Å². The minimum absolute atomic E-state index is 0.0805. The molecule has 0 saturated carbocycles. The molecule has 1 aliphatic heterocycles. The van der Waals surface area contributed by atoms with Crippen molar-refractivity contribution in [1.29, 1.82) is 0 Å². The number of nitrogens with zero attached hydrogens (tertiary/aromatic N) is 1. The van der Waals surface area contributed by atoms with Crippen LogP contribution < -0.4 is 10.2 Å². The van der Waals surface area contributed by atoms with E-state index in [0.29, 0.717) is 25.1 Å². The van der Waals surface area contributed by atoms with E-state index in [1.165, 1.54) is 24.1 Å². The van der Waals surface area contributed by atoms with Crippen LogP contribution in [0.2, 0.25) is 0 Å². The van der Waals surface area contributed by atoms with Crippen molar-refractivity contribution in [1.82, 2.24) is 5.32 Å². The number of benzene rings is 1. The van der Waals surface area contributed by atoms with Crippen LogP contribution in [0.1, 0.15) is 47.0 Å². The molecule has 0 aliphatic carbocycles. The van der Waals surface area contributed by atoms with E-state index in [2.05, 4.69) is 5.32 Å². The molecule has 0 radical (unpaired) electrons. The Labute approximate surface area is 171 Å². The highest BCUT2D eigenvalue weighted by Gasteiger charge is 2.56. The van der Waals surface area contributed by atoms with E-state index >= 15 is 0 Å². The lowest BCUT2D eigenvalue weighted by atomic mass is 9.79. The van der Waals surface area contributed by atoms with Gasteiger partial charge in [-0.1, -0.05) is 13.3 Å². The summed E-state index contributed by atoms with van der Waals surface area (Å²) >= 11 is 0. The summed E-state index contributed by atoms with van der Waals surface area (Å²) in [6.45, 7) is 7.37. The van der Waals surface area contributed by atoms with Crippen LogP contribution in [0.25, 0.3) is 0 Å². The summed E-state index contributed by atoms with van der Waals surface area (Å²) in [5.74, 6) is -1.72. The fourth-order valence-corrected chi connectivity index (χ4v) is 3.62. The molecule has 0 spiro atoms. The Kier molecular flexibility index (Phi) is 6.77. The molecule has 0 bridgehead atoms. The van der Waals surface area contributed by atoms with Crippen molar-refractivity contribution in [3.63, 3.8) is 0 Å². The Morgan fingerprint density at radius 2 is 1.90 bits per heavy atom. The maximum absolute atomic E-state index is 13.5. The van der Waals surface area contributed by atoms with Gasteiger partial charge < -0.3 is 24.8 Å². The summed E-state index contributed by atoms with van der Waals surface area (Å²) in [5, 5.41) is 12.2. The summed E-state index contributed by atoms with van der Waals surface area (Å²) in [6, 6.07) is 6.19. The molecule has 29 heavy (non-hydrogen) atoms. The Bertz CT molecular complexity index is 755. The van der Waals surface area contributed by atoms with Crippen LogP contribution >= 0.6 is 0 Å². The molecule has 0 unspecified atom stereocenters. The Balaban J connectivity index is 2.44. The van der Waals surface area contributed by atoms with E-state index in [4.69, 9.17) is 9.47 Å². The highest BCUT2D eigenvalue weighted by atomic mass is 16.6.